The molecular formula is C22H26N6O4S. The van der Waals surface area contributed by atoms with E-state index < -0.39 is 11.2 Å². The number of fused-ring (bicyclic) bond motifs is 1. The molecule has 174 valence electrons. The van der Waals surface area contributed by atoms with Crippen molar-refractivity contribution in [3.05, 3.63) is 50.9 Å². The number of para-hydroxylation sites is 1. The smallest absolute Gasteiger partial charge is 0.330 e. The molecule has 0 aliphatic rings. The Balaban J connectivity index is 1.63. The molecule has 33 heavy (non-hydrogen) atoms. The molecule has 11 heteroatoms. The molecule has 0 unspecified atom stereocenters. The van der Waals surface area contributed by atoms with Gasteiger partial charge in [0.2, 0.25) is 0 Å². The van der Waals surface area contributed by atoms with Crippen LogP contribution in [0.5, 0.6) is 5.75 Å². The van der Waals surface area contributed by atoms with Crippen LogP contribution in [0.25, 0.3) is 22.6 Å². The first kappa shape index (κ1) is 22.8. The molecule has 0 spiro atoms. The second-order valence-corrected chi connectivity index (χ2v) is 8.23. The van der Waals surface area contributed by atoms with Crippen molar-refractivity contribution < 1.29 is 9.15 Å². The van der Waals surface area contributed by atoms with Crippen molar-refractivity contribution >= 4 is 22.9 Å². The number of nitrogens with one attached hydrogen (secondary N) is 1. The highest BCUT2D eigenvalue weighted by Crippen LogP contribution is 2.31. The molecule has 4 aromatic rings. The molecule has 0 aliphatic carbocycles. The summed E-state index contributed by atoms with van der Waals surface area (Å²) < 4.78 is 14.9. The van der Waals surface area contributed by atoms with Gasteiger partial charge in [-0.2, -0.15) is 0 Å². The molecule has 10 nitrogen and oxygen atoms in total. The normalized spacial score (nSPS) is 11.4. The predicted octanol–water partition coefficient (Wildman–Crippen LogP) is 3.45. The number of aromatic nitrogens is 6. The Bertz CT molecular complexity index is 1370. The van der Waals surface area contributed by atoms with Crippen molar-refractivity contribution in [1.82, 2.24) is 29.3 Å². The van der Waals surface area contributed by atoms with E-state index in [1.165, 1.54) is 16.3 Å². The van der Waals surface area contributed by atoms with E-state index in [9.17, 15) is 9.59 Å². The monoisotopic (exact) mass is 470 g/mol. The number of imidazole rings is 1. The summed E-state index contributed by atoms with van der Waals surface area (Å²) in [5, 5.41) is 8.67. The predicted molar refractivity (Wildman–Crippen MR) is 126 cm³/mol. The lowest BCUT2D eigenvalue weighted by molar-refractivity contribution is 0.340. The zero-order valence-corrected chi connectivity index (χ0v) is 19.6. The highest BCUT2D eigenvalue weighted by Gasteiger charge is 2.19. The summed E-state index contributed by atoms with van der Waals surface area (Å²) >= 11 is 1.32. The van der Waals surface area contributed by atoms with E-state index >= 15 is 0 Å². The van der Waals surface area contributed by atoms with Crippen LogP contribution in [0.1, 0.15) is 39.4 Å². The maximum atomic E-state index is 12.5. The highest BCUT2D eigenvalue weighted by atomic mass is 32.2. The summed E-state index contributed by atoms with van der Waals surface area (Å²) in [6, 6.07) is 7.49. The second-order valence-electron chi connectivity index (χ2n) is 7.30. The van der Waals surface area contributed by atoms with E-state index in [1.807, 2.05) is 49.6 Å². The number of nitrogens with zero attached hydrogens (tertiary/aromatic N) is 5. The number of ether oxygens (including phenoxy) is 1. The van der Waals surface area contributed by atoms with Gasteiger partial charge in [0, 0.05) is 13.1 Å². The Labute approximate surface area is 194 Å². The molecule has 4 rings (SSSR count). The van der Waals surface area contributed by atoms with E-state index in [0.29, 0.717) is 59.3 Å². The molecule has 0 saturated carbocycles. The topological polar surface area (TPSA) is 121 Å². The molecular weight excluding hydrogens is 444 g/mol. The molecule has 1 N–H and O–H groups in total. The van der Waals surface area contributed by atoms with Crippen LogP contribution in [0.4, 0.5) is 0 Å². The van der Waals surface area contributed by atoms with E-state index in [-0.39, 0.29) is 0 Å². The van der Waals surface area contributed by atoms with Crippen LogP contribution in [-0.4, -0.2) is 35.9 Å². The van der Waals surface area contributed by atoms with Gasteiger partial charge in [-0.25, -0.2) is 9.78 Å². The number of hydrogen-bond donors (Lipinski definition) is 1. The van der Waals surface area contributed by atoms with Crippen molar-refractivity contribution in [2.75, 3.05) is 6.61 Å². The van der Waals surface area contributed by atoms with Gasteiger partial charge < -0.3 is 13.7 Å². The molecule has 1 aromatic carbocycles. The van der Waals surface area contributed by atoms with Crippen molar-refractivity contribution in [2.45, 2.75) is 57.7 Å². The minimum atomic E-state index is -0.435. The van der Waals surface area contributed by atoms with Crippen LogP contribution in [0, 0.1) is 0 Å². The number of aromatic amines is 1. The minimum Gasteiger partial charge on any atom is -0.493 e. The third-order valence-electron chi connectivity index (χ3n) is 5.16. The van der Waals surface area contributed by atoms with E-state index in [4.69, 9.17) is 9.15 Å². The van der Waals surface area contributed by atoms with Crippen LogP contribution in [0.3, 0.4) is 0 Å². The molecule has 0 fully saturated rings. The zero-order chi connectivity index (χ0) is 23.4. The van der Waals surface area contributed by atoms with Gasteiger partial charge in [-0.15, -0.1) is 10.2 Å². The lowest BCUT2D eigenvalue weighted by Crippen LogP contribution is -2.31. The van der Waals surface area contributed by atoms with E-state index in [0.717, 1.165) is 18.4 Å². The van der Waals surface area contributed by atoms with Gasteiger partial charge >= 0.3 is 5.69 Å². The molecule has 0 amide bonds. The molecule has 3 heterocycles. The SMILES string of the molecule is CCCCn1c(=O)[nH]c(=O)c2c1nc(CSc1nnc(-c3ccccc3OCC)o1)n2CC. The minimum absolute atomic E-state index is 0.371. The van der Waals surface area contributed by atoms with Crippen molar-refractivity contribution in [3.8, 4) is 17.2 Å². The first-order valence-corrected chi connectivity index (χ1v) is 12.0. The van der Waals surface area contributed by atoms with Gasteiger partial charge in [0.15, 0.2) is 11.2 Å². The Morgan fingerprint density at radius 2 is 1.94 bits per heavy atom. The summed E-state index contributed by atoms with van der Waals surface area (Å²) in [6.07, 6.45) is 1.74. The fourth-order valence-corrected chi connectivity index (χ4v) is 4.33. The molecule has 0 bridgehead atoms. The Morgan fingerprint density at radius 1 is 1.12 bits per heavy atom. The molecule has 0 aliphatic heterocycles. The lowest BCUT2D eigenvalue weighted by Gasteiger charge is -2.06. The maximum absolute atomic E-state index is 12.5. The Kier molecular flexibility index (Phi) is 6.97. The van der Waals surface area contributed by atoms with Gasteiger partial charge in [-0.05, 0) is 32.4 Å². The van der Waals surface area contributed by atoms with Crippen LogP contribution < -0.4 is 16.0 Å². The summed E-state index contributed by atoms with van der Waals surface area (Å²) in [4.78, 5) is 32.0. The average molecular weight is 471 g/mol. The van der Waals surface area contributed by atoms with Crippen LogP contribution in [0.15, 0.2) is 43.5 Å². The molecule has 0 radical (unpaired) electrons. The Hall–Kier alpha value is -3.34. The summed E-state index contributed by atoms with van der Waals surface area (Å²) in [5.41, 5.74) is 0.675. The summed E-state index contributed by atoms with van der Waals surface area (Å²) in [6.45, 7) is 7.47. The number of rotatable bonds is 10. The summed E-state index contributed by atoms with van der Waals surface area (Å²) in [5.74, 6) is 2.11. The molecule has 0 atom stereocenters. The zero-order valence-electron chi connectivity index (χ0n) is 18.8. The first-order valence-electron chi connectivity index (χ1n) is 11.0. The number of hydrogen-bond acceptors (Lipinski definition) is 8. The fourth-order valence-electron chi connectivity index (χ4n) is 3.62. The third kappa shape index (κ3) is 4.58. The van der Waals surface area contributed by atoms with E-state index in [2.05, 4.69) is 20.2 Å². The molecule has 0 saturated heterocycles. The first-order chi connectivity index (χ1) is 16.1. The van der Waals surface area contributed by atoms with Gasteiger partial charge in [-0.1, -0.05) is 37.2 Å². The quantitative estimate of drug-likeness (QED) is 0.350. The number of thioether (sulfide) groups is 1. The average Bonchev–Trinajstić information content (AvgIpc) is 3.43. The van der Waals surface area contributed by atoms with Crippen molar-refractivity contribution in [3.63, 3.8) is 0 Å². The van der Waals surface area contributed by atoms with Crippen LogP contribution >= 0.6 is 11.8 Å². The third-order valence-corrected chi connectivity index (χ3v) is 5.98. The Morgan fingerprint density at radius 3 is 2.70 bits per heavy atom. The highest BCUT2D eigenvalue weighted by molar-refractivity contribution is 7.98. The largest absolute Gasteiger partial charge is 0.493 e. The number of H-pyrrole nitrogens is 1. The fraction of sp³-hybridized carbons (Fsp3) is 0.409. The number of aryl methyl sites for hydroxylation is 2. The van der Waals surface area contributed by atoms with Crippen molar-refractivity contribution in [2.24, 2.45) is 0 Å². The van der Waals surface area contributed by atoms with Gasteiger partial charge in [0.1, 0.15) is 11.6 Å². The van der Waals surface area contributed by atoms with Crippen LogP contribution in [-0.2, 0) is 18.8 Å². The molecule has 3 aromatic heterocycles. The second kappa shape index (κ2) is 10.1. The standard InChI is InChI=1S/C22H26N6O4S/c1-4-7-12-28-18-17(19(29)24-21(28)30)27(5-2)16(23-18)13-33-22-26-25-20(32-22)14-10-8-9-11-15(14)31-6-3/h8-11H,4-7,12-13H2,1-3H3,(H,24,29,30). The maximum Gasteiger partial charge on any atom is 0.330 e. The summed E-state index contributed by atoms with van der Waals surface area (Å²) in [7, 11) is 0. The van der Waals surface area contributed by atoms with Crippen molar-refractivity contribution in [1.29, 1.82) is 0 Å². The van der Waals surface area contributed by atoms with Gasteiger partial charge in [0.05, 0.1) is 17.9 Å². The van der Waals surface area contributed by atoms with E-state index in [1.54, 1.807) is 0 Å². The number of unbranched alkanes of at least 4 members (excludes halogenated alkanes) is 1. The number of benzene rings is 1. The van der Waals surface area contributed by atoms with Gasteiger partial charge in [-0.3, -0.25) is 14.3 Å². The van der Waals surface area contributed by atoms with Gasteiger partial charge in [0.25, 0.3) is 16.7 Å². The van der Waals surface area contributed by atoms with Crippen LogP contribution in [0.2, 0.25) is 0 Å². The lowest BCUT2D eigenvalue weighted by atomic mass is 10.2.